The van der Waals surface area contributed by atoms with Crippen molar-refractivity contribution in [3.05, 3.63) is 40.8 Å². The number of rotatable bonds is 5. The number of hydrogen-bond donors (Lipinski definition) is 1. The minimum atomic E-state index is -3.25. The molecule has 0 heterocycles. The quantitative estimate of drug-likeness (QED) is 0.845. The van der Waals surface area contributed by atoms with Crippen molar-refractivity contribution < 1.29 is 13.2 Å². The van der Waals surface area contributed by atoms with Gasteiger partial charge in [-0.3, -0.25) is 0 Å². The minimum Gasteiger partial charge on any atom is -0.496 e. The maximum atomic E-state index is 11.5. The van der Waals surface area contributed by atoms with Crippen LogP contribution in [0.2, 0.25) is 0 Å². The zero-order valence-corrected chi connectivity index (χ0v) is 9.75. The first-order valence-corrected chi connectivity index (χ1v) is 6.42. The summed E-state index contributed by atoms with van der Waals surface area (Å²) in [4.78, 5) is 0.474. The van der Waals surface area contributed by atoms with Crippen molar-refractivity contribution in [3.63, 3.8) is 0 Å². The Morgan fingerprint density at radius 3 is 2.69 bits per heavy atom. The van der Waals surface area contributed by atoms with E-state index in [2.05, 4.69) is 4.72 Å². The van der Waals surface area contributed by atoms with E-state index < -0.39 is 10.0 Å². The molecule has 2 rings (SSSR count). The summed E-state index contributed by atoms with van der Waals surface area (Å²) in [6.07, 6.45) is 2.26. The van der Waals surface area contributed by atoms with Gasteiger partial charge in [-0.25, -0.2) is 13.1 Å². The van der Waals surface area contributed by atoms with E-state index in [4.69, 9.17) is 4.74 Å². The van der Waals surface area contributed by atoms with Crippen molar-refractivity contribution in [1.82, 2.24) is 4.72 Å². The molecular weight excluding hydrogens is 226 g/mol. The van der Waals surface area contributed by atoms with Crippen LogP contribution in [0.25, 0.3) is 0 Å². The molecule has 0 amide bonds. The number of sulfonamides is 1. The van der Waals surface area contributed by atoms with Gasteiger partial charge in [0, 0.05) is 18.5 Å². The van der Waals surface area contributed by atoms with Crippen LogP contribution in [0.3, 0.4) is 0 Å². The van der Waals surface area contributed by atoms with Crippen LogP contribution in [0.4, 0.5) is 0 Å². The van der Waals surface area contributed by atoms with Crippen molar-refractivity contribution >= 4 is 10.0 Å². The van der Waals surface area contributed by atoms with E-state index in [-0.39, 0.29) is 6.54 Å². The SMILES string of the molecule is COc1ccccc1CNS(=O)(=O)C1=CC1. The Hall–Kier alpha value is -1.33. The minimum absolute atomic E-state index is 0.254. The Labute approximate surface area is 95.0 Å². The fraction of sp³-hybridized carbons (Fsp3) is 0.273. The average Bonchev–Trinajstić information content (AvgIpc) is 3.11. The van der Waals surface area contributed by atoms with E-state index in [1.165, 1.54) is 0 Å². The highest BCUT2D eigenvalue weighted by Crippen LogP contribution is 2.25. The van der Waals surface area contributed by atoms with Gasteiger partial charge in [0.05, 0.1) is 12.0 Å². The third-order valence-electron chi connectivity index (χ3n) is 2.36. The molecule has 0 saturated carbocycles. The molecule has 1 aliphatic rings. The molecule has 5 heteroatoms. The van der Waals surface area contributed by atoms with Crippen LogP contribution in [-0.2, 0) is 16.6 Å². The van der Waals surface area contributed by atoms with Gasteiger partial charge in [-0.15, -0.1) is 0 Å². The van der Waals surface area contributed by atoms with Crippen LogP contribution in [-0.4, -0.2) is 15.5 Å². The normalized spacial score (nSPS) is 14.4. The molecule has 0 atom stereocenters. The number of hydrogen-bond acceptors (Lipinski definition) is 3. The fourth-order valence-electron chi connectivity index (χ4n) is 1.38. The lowest BCUT2D eigenvalue weighted by atomic mass is 10.2. The Balaban J connectivity index is 2.07. The lowest BCUT2D eigenvalue weighted by Crippen LogP contribution is -2.22. The molecule has 0 radical (unpaired) electrons. The van der Waals surface area contributed by atoms with Crippen molar-refractivity contribution in [3.8, 4) is 5.75 Å². The zero-order chi connectivity index (χ0) is 11.6. The monoisotopic (exact) mass is 239 g/mol. The highest BCUT2D eigenvalue weighted by atomic mass is 32.2. The molecule has 0 unspecified atom stereocenters. The van der Waals surface area contributed by atoms with Crippen molar-refractivity contribution in [2.24, 2.45) is 0 Å². The lowest BCUT2D eigenvalue weighted by molar-refractivity contribution is 0.409. The highest BCUT2D eigenvalue weighted by Gasteiger charge is 2.23. The second kappa shape index (κ2) is 4.27. The van der Waals surface area contributed by atoms with Crippen LogP contribution in [0.15, 0.2) is 35.2 Å². The van der Waals surface area contributed by atoms with Crippen LogP contribution < -0.4 is 9.46 Å². The van der Waals surface area contributed by atoms with E-state index in [9.17, 15) is 8.42 Å². The number of ether oxygens (including phenoxy) is 1. The molecule has 16 heavy (non-hydrogen) atoms. The summed E-state index contributed by atoms with van der Waals surface area (Å²) in [6, 6.07) is 7.34. The van der Waals surface area contributed by atoms with Crippen LogP contribution in [0.5, 0.6) is 5.75 Å². The molecule has 0 bridgehead atoms. The average molecular weight is 239 g/mol. The Kier molecular flexibility index (Phi) is 2.98. The largest absolute Gasteiger partial charge is 0.496 e. The summed E-state index contributed by atoms with van der Waals surface area (Å²) in [5.74, 6) is 0.690. The van der Waals surface area contributed by atoms with Crippen LogP contribution >= 0.6 is 0 Å². The fourth-order valence-corrected chi connectivity index (χ4v) is 2.43. The first-order valence-electron chi connectivity index (χ1n) is 4.94. The van der Waals surface area contributed by atoms with E-state index in [0.29, 0.717) is 17.1 Å². The lowest BCUT2D eigenvalue weighted by Gasteiger charge is -2.08. The standard InChI is InChI=1S/C11H13NO3S/c1-15-11-5-3-2-4-9(11)8-12-16(13,14)10-6-7-10/h2-6,12H,7-8H2,1H3. The molecule has 1 aromatic carbocycles. The number of benzene rings is 1. The molecule has 4 nitrogen and oxygen atoms in total. The van der Waals surface area contributed by atoms with E-state index >= 15 is 0 Å². The number of nitrogens with one attached hydrogen (secondary N) is 1. The van der Waals surface area contributed by atoms with Crippen LogP contribution in [0, 0.1) is 0 Å². The second-order valence-electron chi connectivity index (χ2n) is 3.51. The highest BCUT2D eigenvalue weighted by molar-refractivity contribution is 7.93. The maximum absolute atomic E-state index is 11.5. The number of methoxy groups -OCH3 is 1. The molecule has 0 aromatic heterocycles. The Morgan fingerprint density at radius 1 is 1.38 bits per heavy atom. The van der Waals surface area contributed by atoms with Crippen LogP contribution in [0.1, 0.15) is 12.0 Å². The Morgan fingerprint density at radius 2 is 2.06 bits per heavy atom. The molecule has 86 valence electrons. The van der Waals surface area contributed by atoms with Gasteiger partial charge in [0.25, 0.3) is 0 Å². The first kappa shape index (κ1) is 11.2. The molecule has 1 N–H and O–H groups in total. The van der Waals surface area contributed by atoms with Gasteiger partial charge in [0.2, 0.25) is 10.0 Å². The van der Waals surface area contributed by atoms with Gasteiger partial charge in [0.1, 0.15) is 5.75 Å². The van der Waals surface area contributed by atoms with E-state index in [1.807, 2.05) is 18.2 Å². The summed E-state index contributed by atoms with van der Waals surface area (Å²) in [6.45, 7) is 0.254. The summed E-state index contributed by atoms with van der Waals surface area (Å²) >= 11 is 0. The summed E-state index contributed by atoms with van der Waals surface area (Å²) < 4.78 is 30.8. The first-order chi connectivity index (χ1) is 7.63. The van der Waals surface area contributed by atoms with Crippen molar-refractivity contribution in [2.75, 3.05) is 7.11 Å². The van der Waals surface area contributed by atoms with Gasteiger partial charge < -0.3 is 4.74 Å². The van der Waals surface area contributed by atoms with Crippen molar-refractivity contribution in [1.29, 1.82) is 0 Å². The third-order valence-corrected chi connectivity index (χ3v) is 3.91. The third kappa shape index (κ3) is 2.43. The van der Waals surface area contributed by atoms with Gasteiger partial charge in [-0.2, -0.15) is 0 Å². The number of allylic oxidation sites excluding steroid dienone is 2. The molecule has 1 aromatic rings. The molecule has 0 saturated heterocycles. The van der Waals surface area contributed by atoms with E-state index in [0.717, 1.165) is 5.56 Å². The van der Waals surface area contributed by atoms with Gasteiger partial charge in [0.15, 0.2) is 0 Å². The second-order valence-corrected chi connectivity index (χ2v) is 5.33. The van der Waals surface area contributed by atoms with E-state index in [1.54, 1.807) is 19.3 Å². The predicted octanol–water partition coefficient (Wildman–Crippen LogP) is 1.40. The topological polar surface area (TPSA) is 55.4 Å². The predicted molar refractivity (Wildman–Crippen MR) is 61.5 cm³/mol. The maximum Gasteiger partial charge on any atom is 0.237 e. The van der Waals surface area contributed by atoms with Gasteiger partial charge in [-0.1, -0.05) is 24.3 Å². The molecule has 0 fully saturated rings. The molecule has 0 spiro atoms. The van der Waals surface area contributed by atoms with Gasteiger partial charge in [-0.05, 0) is 6.07 Å². The molecular formula is C11H13NO3S. The summed E-state index contributed by atoms with van der Waals surface area (Å²) in [5, 5.41) is 0. The van der Waals surface area contributed by atoms with Gasteiger partial charge >= 0.3 is 0 Å². The van der Waals surface area contributed by atoms with Crippen molar-refractivity contribution in [2.45, 2.75) is 13.0 Å². The zero-order valence-electron chi connectivity index (χ0n) is 8.93. The molecule has 1 aliphatic carbocycles. The summed E-state index contributed by atoms with van der Waals surface area (Å²) in [7, 11) is -1.69. The smallest absolute Gasteiger partial charge is 0.237 e. The Bertz CT molecular complexity index is 520. The number of para-hydroxylation sites is 1. The molecule has 0 aliphatic heterocycles. The summed E-state index contributed by atoms with van der Waals surface area (Å²) in [5.41, 5.74) is 0.829.